The summed E-state index contributed by atoms with van der Waals surface area (Å²) >= 11 is 0. The molecule has 4 aliphatic rings. The van der Waals surface area contributed by atoms with Crippen LogP contribution in [0.2, 0.25) is 0 Å². The first-order chi connectivity index (χ1) is 13.2. The first-order valence-corrected chi connectivity index (χ1v) is 10.6. The summed E-state index contributed by atoms with van der Waals surface area (Å²) in [6.07, 6.45) is 7.50. The molecule has 1 unspecified atom stereocenters. The Balaban J connectivity index is 1.71. The van der Waals surface area contributed by atoms with Crippen molar-refractivity contribution in [3.05, 3.63) is 70.7 Å². The zero-order valence-corrected chi connectivity index (χ0v) is 16.3. The average molecular weight is 397 g/mol. The van der Waals surface area contributed by atoms with Gasteiger partial charge in [-0.25, -0.2) is 0 Å². The monoisotopic (exact) mass is 397 g/mol. The number of hydrogen-bond donors (Lipinski definition) is 1. The molecule has 7 heteroatoms. The van der Waals surface area contributed by atoms with E-state index in [0.717, 1.165) is 41.1 Å². The van der Waals surface area contributed by atoms with Gasteiger partial charge >= 0.3 is 0 Å². The van der Waals surface area contributed by atoms with Gasteiger partial charge in [-0.1, -0.05) is 13.8 Å². The van der Waals surface area contributed by atoms with E-state index in [0.29, 0.717) is 5.76 Å². The Morgan fingerprint density at radius 1 is 1.21 bits per heavy atom. The lowest BCUT2D eigenvalue weighted by molar-refractivity contribution is -0.110. The van der Waals surface area contributed by atoms with Crippen LogP contribution >= 0.6 is 0 Å². The summed E-state index contributed by atoms with van der Waals surface area (Å²) in [7, 11) is -4.27. The van der Waals surface area contributed by atoms with Gasteiger partial charge < -0.3 is 9.64 Å². The first-order valence-electron chi connectivity index (χ1n) is 9.13. The van der Waals surface area contributed by atoms with E-state index >= 15 is 0 Å². The highest BCUT2D eigenvalue weighted by molar-refractivity contribution is 7.85. The maximum absolute atomic E-state index is 11.7. The summed E-state index contributed by atoms with van der Waals surface area (Å²) in [6.45, 7) is 4.83. The largest absolute Gasteiger partial charge is 0.485 e. The van der Waals surface area contributed by atoms with Crippen LogP contribution in [0.4, 0.5) is 5.69 Å². The van der Waals surface area contributed by atoms with Crippen molar-refractivity contribution in [1.29, 1.82) is 0 Å². The Morgan fingerprint density at radius 2 is 2.00 bits per heavy atom. The molecule has 3 heterocycles. The summed E-state index contributed by atoms with van der Waals surface area (Å²) in [4.78, 5) is 13.8. The van der Waals surface area contributed by atoms with Gasteiger partial charge in [0.2, 0.25) is 0 Å². The van der Waals surface area contributed by atoms with E-state index in [2.05, 4.69) is 24.8 Å². The van der Waals surface area contributed by atoms with Gasteiger partial charge in [0.15, 0.2) is 5.78 Å². The minimum Gasteiger partial charge on any atom is -0.485 e. The van der Waals surface area contributed by atoms with Gasteiger partial charge in [-0.2, -0.15) is 8.42 Å². The van der Waals surface area contributed by atoms with E-state index in [-0.39, 0.29) is 16.8 Å². The van der Waals surface area contributed by atoms with Gasteiger partial charge in [-0.15, -0.1) is 0 Å². The Bertz CT molecular complexity index is 1170. The number of carbonyl (C=O) groups excluding carboxylic acids is 1. The molecule has 0 saturated heterocycles. The number of benzene rings is 1. The molecule has 1 aromatic rings. The average Bonchev–Trinajstić information content (AvgIpc) is 2.86. The van der Waals surface area contributed by atoms with Gasteiger partial charge in [0.25, 0.3) is 10.1 Å². The SMILES string of the molecule is CC1(C)C2=C3C=C4C=CC(=O)C=C4OC3CCN2c2ccc(S(=O)(=O)O)cc21. The fraction of sp³-hybridized carbons (Fsp3) is 0.286. The van der Waals surface area contributed by atoms with Crippen molar-refractivity contribution >= 4 is 21.6 Å². The third kappa shape index (κ3) is 2.36. The minimum atomic E-state index is -4.27. The van der Waals surface area contributed by atoms with Gasteiger partial charge in [-0.3, -0.25) is 9.35 Å². The van der Waals surface area contributed by atoms with Crippen LogP contribution in [0.5, 0.6) is 0 Å². The highest BCUT2D eigenvalue weighted by Gasteiger charge is 2.46. The van der Waals surface area contributed by atoms with E-state index in [1.807, 2.05) is 0 Å². The number of hydrogen-bond acceptors (Lipinski definition) is 5. The molecular formula is C21H19NO5S. The van der Waals surface area contributed by atoms with Crippen LogP contribution in [0.25, 0.3) is 0 Å². The van der Waals surface area contributed by atoms with Crippen LogP contribution in [0.3, 0.4) is 0 Å². The van der Waals surface area contributed by atoms with E-state index in [1.54, 1.807) is 18.2 Å². The van der Waals surface area contributed by atoms with Crippen molar-refractivity contribution in [1.82, 2.24) is 0 Å². The van der Waals surface area contributed by atoms with Crippen LogP contribution < -0.4 is 4.90 Å². The van der Waals surface area contributed by atoms with Crippen molar-refractivity contribution in [2.45, 2.75) is 36.7 Å². The standard InChI is InChI=1S/C21H19NO5S/c1-21(2)16-11-14(28(24,25)26)5-6-17(16)22-8-7-18-15(20(21)22)9-12-3-4-13(23)10-19(12)27-18/h3-6,9-11,18H,7-8H2,1-2H3,(H,24,25,26). The van der Waals surface area contributed by atoms with Crippen molar-refractivity contribution in [2.24, 2.45) is 0 Å². The highest BCUT2D eigenvalue weighted by Crippen LogP contribution is 2.53. The number of nitrogens with zero attached hydrogens (tertiary/aromatic N) is 1. The molecule has 1 aromatic carbocycles. The summed E-state index contributed by atoms with van der Waals surface area (Å²) in [5.74, 6) is 0.532. The first kappa shape index (κ1) is 17.5. The van der Waals surface area contributed by atoms with E-state index < -0.39 is 15.5 Å². The Labute approximate surface area is 163 Å². The summed E-state index contributed by atoms with van der Waals surface area (Å²) in [6, 6.07) is 4.76. The van der Waals surface area contributed by atoms with Crippen molar-refractivity contribution in [2.75, 3.05) is 11.4 Å². The molecule has 0 aromatic heterocycles. The van der Waals surface area contributed by atoms with Gasteiger partial charge in [-0.05, 0) is 42.0 Å². The third-order valence-electron chi connectivity index (χ3n) is 5.89. The zero-order valence-electron chi connectivity index (χ0n) is 15.5. The van der Waals surface area contributed by atoms with Gasteiger partial charge in [0.05, 0.1) is 4.90 Å². The fourth-order valence-corrected chi connectivity index (χ4v) is 5.15. The molecule has 1 aliphatic carbocycles. The lowest BCUT2D eigenvalue weighted by Gasteiger charge is -2.40. The minimum absolute atomic E-state index is 0.0768. The number of allylic oxidation sites excluding steroid dienone is 4. The van der Waals surface area contributed by atoms with Crippen molar-refractivity contribution in [3.63, 3.8) is 0 Å². The number of ketones is 1. The smallest absolute Gasteiger partial charge is 0.294 e. The fourth-order valence-electron chi connectivity index (χ4n) is 4.64. The lowest BCUT2D eigenvalue weighted by atomic mass is 9.79. The molecule has 28 heavy (non-hydrogen) atoms. The number of anilines is 1. The second kappa shape index (κ2) is 5.46. The molecule has 0 spiro atoms. The van der Waals surface area contributed by atoms with E-state index in [9.17, 15) is 17.8 Å². The van der Waals surface area contributed by atoms with E-state index in [1.165, 1.54) is 18.2 Å². The number of carbonyl (C=O) groups is 1. The third-order valence-corrected chi connectivity index (χ3v) is 6.74. The molecule has 1 N–H and O–H groups in total. The summed E-state index contributed by atoms with van der Waals surface area (Å²) in [5, 5.41) is 0. The maximum atomic E-state index is 11.7. The van der Waals surface area contributed by atoms with Crippen molar-refractivity contribution < 1.29 is 22.5 Å². The number of fused-ring (bicyclic) bond motifs is 5. The molecule has 0 bridgehead atoms. The van der Waals surface area contributed by atoms with Crippen molar-refractivity contribution in [3.8, 4) is 0 Å². The predicted octanol–water partition coefficient (Wildman–Crippen LogP) is 3.04. The molecule has 144 valence electrons. The molecule has 0 saturated carbocycles. The summed E-state index contributed by atoms with van der Waals surface area (Å²) in [5.41, 5.74) is 4.34. The molecule has 0 fully saturated rings. The van der Waals surface area contributed by atoms with Crippen LogP contribution in [-0.2, 0) is 25.1 Å². The highest BCUT2D eigenvalue weighted by atomic mass is 32.2. The van der Waals surface area contributed by atoms with Gasteiger partial charge in [0.1, 0.15) is 11.9 Å². The molecule has 3 aliphatic heterocycles. The second-order valence-electron chi connectivity index (χ2n) is 7.97. The maximum Gasteiger partial charge on any atom is 0.294 e. The zero-order chi connectivity index (χ0) is 19.8. The lowest BCUT2D eigenvalue weighted by Crippen LogP contribution is -2.39. The van der Waals surface area contributed by atoms with Gasteiger partial charge in [0, 0.05) is 47.0 Å². The summed E-state index contributed by atoms with van der Waals surface area (Å²) < 4.78 is 38.9. The normalized spacial score (nSPS) is 24.6. The van der Waals surface area contributed by atoms with Crippen LogP contribution in [0.1, 0.15) is 25.8 Å². The Morgan fingerprint density at radius 3 is 2.75 bits per heavy atom. The Kier molecular flexibility index (Phi) is 3.40. The van der Waals surface area contributed by atoms with Crippen LogP contribution in [-0.4, -0.2) is 31.4 Å². The topological polar surface area (TPSA) is 83.9 Å². The molecule has 0 radical (unpaired) electrons. The predicted molar refractivity (Wildman–Crippen MR) is 103 cm³/mol. The van der Waals surface area contributed by atoms with Crippen LogP contribution in [0, 0.1) is 0 Å². The molecule has 1 atom stereocenters. The number of rotatable bonds is 1. The molecular weight excluding hydrogens is 378 g/mol. The second-order valence-corrected chi connectivity index (χ2v) is 9.40. The molecule has 5 rings (SSSR count). The number of ether oxygens (including phenoxy) is 1. The quantitative estimate of drug-likeness (QED) is 0.734. The molecule has 6 nitrogen and oxygen atoms in total. The molecule has 0 amide bonds. The van der Waals surface area contributed by atoms with E-state index in [4.69, 9.17) is 4.74 Å². The Hall–Kier alpha value is -2.64. The van der Waals surface area contributed by atoms with Crippen LogP contribution in [0.15, 0.2) is 70.0 Å².